The highest BCUT2D eigenvalue weighted by molar-refractivity contribution is 5.47. The molecule has 1 aromatic carbocycles. The summed E-state index contributed by atoms with van der Waals surface area (Å²) >= 11 is 0. The Kier molecular flexibility index (Phi) is 5.26. The maximum Gasteiger partial charge on any atom is 0.0363 e. The molecule has 0 aromatic heterocycles. The van der Waals surface area contributed by atoms with E-state index in [0.29, 0.717) is 0 Å². The van der Waals surface area contributed by atoms with Gasteiger partial charge in [-0.1, -0.05) is 38.3 Å². The average molecular weight is 260 g/mol. The van der Waals surface area contributed by atoms with Crippen LogP contribution in [0.15, 0.2) is 24.3 Å². The molecule has 1 aromatic rings. The maximum atomic E-state index is 6.06. The van der Waals surface area contributed by atoms with Crippen LogP contribution in [-0.4, -0.2) is 13.6 Å². The number of benzene rings is 1. The van der Waals surface area contributed by atoms with Gasteiger partial charge in [-0.2, -0.15) is 0 Å². The molecule has 1 aliphatic rings. The Balaban J connectivity index is 1.93. The van der Waals surface area contributed by atoms with Crippen LogP contribution >= 0.6 is 0 Å². The van der Waals surface area contributed by atoms with Gasteiger partial charge in [0.05, 0.1) is 0 Å². The lowest BCUT2D eigenvalue weighted by Gasteiger charge is -2.28. The van der Waals surface area contributed by atoms with E-state index < -0.39 is 0 Å². The maximum absolute atomic E-state index is 6.06. The standard InChI is InChI=1S/C17H28N2/c1-3-17(18)15-9-11-16(12-10-15)19(2)13-14-7-5-4-6-8-14/h9-12,14,17H,3-8,13,18H2,1-2H3. The van der Waals surface area contributed by atoms with Crippen molar-refractivity contribution in [3.05, 3.63) is 29.8 Å². The molecular formula is C17H28N2. The minimum Gasteiger partial charge on any atom is -0.374 e. The lowest BCUT2D eigenvalue weighted by molar-refractivity contribution is 0.362. The molecule has 2 nitrogen and oxygen atoms in total. The third-order valence-electron chi connectivity index (χ3n) is 4.46. The zero-order valence-electron chi connectivity index (χ0n) is 12.4. The van der Waals surface area contributed by atoms with Crippen molar-refractivity contribution in [2.75, 3.05) is 18.5 Å². The summed E-state index contributed by atoms with van der Waals surface area (Å²) in [5, 5.41) is 0. The molecule has 0 aliphatic heterocycles. The van der Waals surface area contributed by atoms with Crippen LogP contribution in [-0.2, 0) is 0 Å². The third kappa shape index (κ3) is 3.97. The second-order valence-electron chi connectivity index (χ2n) is 5.99. The van der Waals surface area contributed by atoms with Gasteiger partial charge in [-0.05, 0) is 42.9 Å². The number of nitrogens with two attached hydrogens (primary N) is 1. The van der Waals surface area contributed by atoms with Crippen LogP contribution in [0.5, 0.6) is 0 Å². The molecule has 1 fully saturated rings. The summed E-state index contributed by atoms with van der Waals surface area (Å²) in [6.07, 6.45) is 8.08. The summed E-state index contributed by atoms with van der Waals surface area (Å²) < 4.78 is 0. The Labute approximate surface area is 118 Å². The van der Waals surface area contributed by atoms with E-state index in [9.17, 15) is 0 Å². The normalized spacial score (nSPS) is 18.3. The summed E-state index contributed by atoms with van der Waals surface area (Å²) in [6, 6.07) is 8.97. The highest BCUT2D eigenvalue weighted by Gasteiger charge is 2.15. The van der Waals surface area contributed by atoms with Crippen molar-refractivity contribution in [1.29, 1.82) is 0 Å². The molecule has 2 N–H and O–H groups in total. The van der Waals surface area contributed by atoms with Crippen molar-refractivity contribution in [1.82, 2.24) is 0 Å². The van der Waals surface area contributed by atoms with Crippen molar-refractivity contribution in [2.24, 2.45) is 11.7 Å². The van der Waals surface area contributed by atoms with Gasteiger partial charge in [0.15, 0.2) is 0 Å². The minimum absolute atomic E-state index is 0.178. The van der Waals surface area contributed by atoms with Gasteiger partial charge in [0.2, 0.25) is 0 Å². The molecule has 19 heavy (non-hydrogen) atoms. The topological polar surface area (TPSA) is 29.3 Å². The summed E-state index contributed by atoms with van der Waals surface area (Å²) in [6.45, 7) is 3.33. The van der Waals surface area contributed by atoms with Crippen molar-refractivity contribution in [3.63, 3.8) is 0 Å². The summed E-state index contributed by atoms with van der Waals surface area (Å²) in [5.41, 5.74) is 8.62. The molecule has 1 aliphatic carbocycles. The van der Waals surface area contributed by atoms with E-state index in [1.165, 1.54) is 49.9 Å². The zero-order valence-corrected chi connectivity index (χ0v) is 12.4. The first-order chi connectivity index (χ1) is 9.20. The van der Waals surface area contributed by atoms with Gasteiger partial charge in [0.1, 0.15) is 0 Å². The van der Waals surface area contributed by atoms with Crippen LogP contribution in [0.25, 0.3) is 0 Å². The van der Waals surface area contributed by atoms with E-state index in [2.05, 4.69) is 43.1 Å². The Morgan fingerprint density at radius 2 is 1.79 bits per heavy atom. The lowest BCUT2D eigenvalue weighted by atomic mass is 9.89. The van der Waals surface area contributed by atoms with Crippen molar-refractivity contribution < 1.29 is 0 Å². The molecule has 1 saturated carbocycles. The van der Waals surface area contributed by atoms with Crippen molar-refractivity contribution in [2.45, 2.75) is 51.5 Å². The Morgan fingerprint density at radius 1 is 1.16 bits per heavy atom. The van der Waals surface area contributed by atoms with Gasteiger partial charge in [-0.15, -0.1) is 0 Å². The first-order valence-corrected chi connectivity index (χ1v) is 7.77. The molecule has 0 saturated heterocycles. The van der Waals surface area contributed by atoms with Crippen LogP contribution in [0.1, 0.15) is 57.1 Å². The number of hydrogen-bond donors (Lipinski definition) is 1. The summed E-state index contributed by atoms with van der Waals surface area (Å²) in [5.74, 6) is 0.885. The molecule has 1 unspecified atom stereocenters. The Morgan fingerprint density at radius 3 is 2.37 bits per heavy atom. The molecule has 2 heteroatoms. The highest BCUT2D eigenvalue weighted by atomic mass is 15.1. The molecule has 0 spiro atoms. The molecule has 0 heterocycles. The van der Waals surface area contributed by atoms with Crippen LogP contribution in [0.4, 0.5) is 5.69 Å². The van der Waals surface area contributed by atoms with Crippen LogP contribution in [0.3, 0.4) is 0 Å². The van der Waals surface area contributed by atoms with Crippen LogP contribution < -0.4 is 10.6 Å². The first-order valence-electron chi connectivity index (χ1n) is 7.77. The number of hydrogen-bond acceptors (Lipinski definition) is 2. The first kappa shape index (κ1) is 14.4. The minimum atomic E-state index is 0.178. The molecular weight excluding hydrogens is 232 g/mol. The monoisotopic (exact) mass is 260 g/mol. The average Bonchev–Trinajstić information content (AvgIpc) is 2.47. The van der Waals surface area contributed by atoms with E-state index >= 15 is 0 Å². The zero-order chi connectivity index (χ0) is 13.7. The quantitative estimate of drug-likeness (QED) is 0.863. The van der Waals surface area contributed by atoms with E-state index in [-0.39, 0.29) is 6.04 Å². The fourth-order valence-electron chi connectivity index (χ4n) is 3.07. The Bertz CT molecular complexity index is 365. The smallest absolute Gasteiger partial charge is 0.0363 e. The highest BCUT2D eigenvalue weighted by Crippen LogP contribution is 2.26. The number of nitrogens with zero attached hydrogens (tertiary/aromatic N) is 1. The lowest BCUT2D eigenvalue weighted by Crippen LogP contribution is -2.26. The SMILES string of the molecule is CCC(N)c1ccc(N(C)CC2CCCCC2)cc1. The van der Waals surface area contributed by atoms with Gasteiger partial charge in [-0.3, -0.25) is 0 Å². The van der Waals surface area contributed by atoms with Gasteiger partial charge in [0, 0.05) is 25.3 Å². The fourth-order valence-corrected chi connectivity index (χ4v) is 3.07. The molecule has 0 radical (unpaired) electrons. The van der Waals surface area contributed by atoms with Gasteiger partial charge < -0.3 is 10.6 Å². The molecule has 106 valence electrons. The molecule has 1 atom stereocenters. The van der Waals surface area contributed by atoms with Gasteiger partial charge >= 0.3 is 0 Å². The molecule has 0 amide bonds. The van der Waals surface area contributed by atoms with Crippen LogP contribution in [0.2, 0.25) is 0 Å². The van der Waals surface area contributed by atoms with E-state index in [1.807, 2.05) is 0 Å². The second kappa shape index (κ2) is 6.95. The largest absolute Gasteiger partial charge is 0.374 e. The fraction of sp³-hybridized carbons (Fsp3) is 0.647. The van der Waals surface area contributed by atoms with E-state index in [0.717, 1.165) is 12.3 Å². The van der Waals surface area contributed by atoms with E-state index in [1.54, 1.807) is 0 Å². The predicted octanol–water partition coefficient (Wildman–Crippen LogP) is 4.11. The van der Waals surface area contributed by atoms with Crippen LogP contribution in [0, 0.1) is 5.92 Å². The Hall–Kier alpha value is -1.02. The van der Waals surface area contributed by atoms with Gasteiger partial charge in [-0.25, -0.2) is 0 Å². The molecule has 2 rings (SSSR count). The number of anilines is 1. The molecule has 0 bridgehead atoms. The van der Waals surface area contributed by atoms with Gasteiger partial charge in [0.25, 0.3) is 0 Å². The van der Waals surface area contributed by atoms with Crippen molar-refractivity contribution in [3.8, 4) is 0 Å². The predicted molar refractivity (Wildman–Crippen MR) is 83.5 cm³/mol. The number of rotatable bonds is 5. The summed E-state index contributed by atoms with van der Waals surface area (Å²) in [7, 11) is 2.21. The van der Waals surface area contributed by atoms with Crippen molar-refractivity contribution >= 4 is 5.69 Å². The second-order valence-corrected chi connectivity index (χ2v) is 5.99. The summed E-state index contributed by atoms with van der Waals surface area (Å²) in [4.78, 5) is 2.40. The third-order valence-corrected chi connectivity index (χ3v) is 4.46. The van der Waals surface area contributed by atoms with E-state index in [4.69, 9.17) is 5.73 Å².